The van der Waals surface area contributed by atoms with Crippen LogP contribution >= 0.6 is 0 Å². The topological polar surface area (TPSA) is 66.5 Å². The second-order valence-electron chi connectivity index (χ2n) is 5.33. The molecule has 8 heteroatoms. The number of amides is 1. The molecule has 0 radical (unpaired) electrons. The van der Waals surface area contributed by atoms with Crippen molar-refractivity contribution in [2.75, 3.05) is 17.1 Å². The second-order valence-corrected chi connectivity index (χ2v) is 7.19. The van der Waals surface area contributed by atoms with Crippen LogP contribution in [0.3, 0.4) is 0 Å². The number of benzene rings is 1. The average Bonchev–Trinajstić information content (AvgIpc) is 2.45. The lowest BCUT2D eigenvalue weighted by atomic mass is 10.2. The summed E-state index contributed by atoms with van der Waals surface area (Å²) in [6, 6.07) is 1.64. The highest BCUT2D eigenvalue weighted by molar-refractivity contribution is 7.92. The Labute approximate surface area is 135 Å². The fraction of sp³-hybridized carbons (Fsp3) is 0.533. The van der Waals surface area contributed by atoms with Crippen LogP contribution in [0.4, 0.5) is 14.5 Å². The van der Waals surface area contributed by atoms with E-state index >= 15 is 0 Å². The Morgan fingerprint density at radius 2 is 1.91 bits per heavy atom. The maximum Gasteiger partial charge on any atom is 0.243 e. The summed E-state index contributed by atoms with van der Waals surface area (Å²) in [6.07, 6.45) is 3.65. The van der Waals surface area contributed by atoms with Gasteiger partial charge in [-0.05, 0) is 25.5 Å². The third-order valence-electron chi connectivity index (χ3n) is 3.33. The number of carbonyl (C=O) groups excluding carboxylic acids is 1. The van der Waals surface area contributed by atoms with Gasteiger partial charge in [0.25, 0.3) is 0 Å². The van der Waals surface area contributed by atoms with Crippen molar-refractivity contribution in [2.24, 2.45) is 0 Å². The van der Waals surface area contributed by atoms with Crippen LogP contribution in [0.25, 0.3) is 0 Å². The minimum absolute atomic E-state index is 0.0948. The summed E-state index contributed by atoms with van der Waals surface area (Å²) < 4.78 is 51.2. The Kier molecular flexibility index (Phi) is 6.93. The molecule has 0 bridgehead atoms. The summed E-state index contributed by atoms with van der Waals surface area (Å²) in [4.78, 5) is 12.1. The predicted molar refractivity (Wildman–Crippen MR) is 85.7 cm³/mol. The smallest absolute Gasteiger partial charge is 0.243 e. The summed E-state index contributed by atoms with van der Waals surface area (Å²) in [6.45, 7) is 3.86. The first kappa shape index (κ1) is 19.3. The fourth-order valence-electron chi connectivity index (χ4n) is 2.17. The Balaban J connectivity index is 2.98. The maximum absolute atomic E-state index is 13.4. The number of nitrogens with zero attached hydrogens (tertiary/aromatic N) is 1. The molecular formula is C15H22F2N2O3S. The van der Waals surface area contributed by atoms with Crippen molar-refractivity contribution < 1.29 is 22.0 Å². The predicted octanol–water partition coefficient (Wildman–Crippen LogP) is 2.43. The van der Waals surface area contributed by atoms with Crippen LogP contribution in [0.2, 0.25) is 0 Å². The Morgan fingerprint density at radius 3 is 2.43 bits per heavy atom. The van der Waals surface area contributed by atoms with Gasteiger partial charge in [0.2, 0.25) is 15.9 Å². The van der Waals surface area contributed by atoms with E-state index in [1.807, 2.05) is 6.92 Å². The molecular weight excluding hydrogens is 326 g/mol. The van der Waals surface area contributed by atoms with Crippen molar-refractivity contribution in [3.63, 3.8) is 0 Å². The normalized spacial score (nSPS) is 12.7. The summed E-state index contributed by atoms with van der Waals surface area (Å²) in [7, 11) is -3.84. The van der Waals surface area contributed by atoms with E-state index in [9.17, 15) is 22.0 Å². The van der Waals surface area contributed by atoms with Gasteiger partial charge in [0.05, 0.1) is 11.9 Å². The third-order valence-corrected chi connectivity index (χ3v) is 4.57. The molecule has 23 heavy (non-hydrogen) atoms. The second kappa shape index (κ2) is 8.24. The Bertz CT molecular complexity index is 650. The molecule has 0 fully saturated rings. The van der Waals surface area contributed by atoms with Gasteiger partial charge in [-0.3, -0.25) is 9.10 Å². The molecule has 1 atom stereocenters. The summed E-state index contributed by atoms with van der Waals surface area (Å²) in [5.74, 6) is -2.75. The first-order chi connectivity index (χ1) is 10.7. The molecule has 5 nitrogen and oxygen atoms in total. The Morgan fingerprint density at radius 1 is 1.26 bits per heavy atom. The van der Waals surface area contributed by atoms with Gasteiger partial charge in [-0.1, -0.05) is 19.8 Å². The van der Waals surface area contributed by atoms with Crippen LogP contribution in [-0.4, -0.2) is 33.2 Å². The fourth-order valence-corrected chi connectivity index (χ4v) is 3.33. The van der Waals surface area contributed by atoms with Gasteiger partial charge in [0.15, 0.2) is 11.6 Å². The zero-order valence-electron chi connectivity index (χ0n) is 13.5. The van der Waals surface area contributed by atoms with Gasteiger partial charge in [-0.25, -0.2) is 17.2 Å². The standard InChI is InChI=1S/C15H22F2N2O3S/c1-4-5-6-9-18-15(20)11(2)19(23(3,21)22)12-7-8-13(16)14(17)10-12/h7-8,10-11H,4-6,9H2,1-3H3,(H,18,20). The molecule has 0 saturated carbocycles. The molecule has 0 heterocycles. The molecule has 130 valence electrons. The molecule has 0 aliphatic rings. The largest absolute Gasteiger partial charge is 0.354 e. The Hall–Kier alpha value is -1.70. The van der Waals surface area contributed by atoms with Crippen molar-refractivity contribution in [1.29, 1.82) is 0 Å². The molecule has 1 unspecified atom stereocenters. The number of hydrogen-bond acceptors (Lipinski definition) is 3. The quantitative estimate of drug-likeness (QED) is 0.734. The van der Waals surface area contributed by atoms with E-state index in [1.165, 1.54) is 6.92 Å². The summed E-state index contributed by atoms with van der Waals surface area (Å²) in [5.41, 5.74) is -0.0948. The molecule has 1 amide bonds. The average molecular weight is 348 g/mol. The van der Waals surface area contributed by atoms with Crippen molar-refractivity contribution in [3.05, 3.63) is 29.8 Å². The SMILES string of the molecule is CCCCCNC(=O)C(C)N(c1ccc(F)c(F)c1)S(C)(=O)=O. The molecule has 0 aromatic heterocycles. The van der Waals surface area contributed by atoms with Gasteiger partial charge in [0.1, 0.15) is 6.04 Å². The molecule has 1 rings (SSSR count). The van der Waals surface area contributed by atoms with Crippen LogP contribution in [0.5, 0.6) is 0 Å². The molecule has 0 spiro atoms. The van der Waals surface area contributed by atoms with E-state index in [0.717, 1.165) is 48.0 Å². The van der Waals surface area contributed by atoms with Crippen molar-refractivity contribution >= 4 is 21.6 Å². The number of hydrogen-bond donors (Lipinski definition) is 1. The zero-order valence-corrected chi connectivity index (χ0v) is 14.3. The highest BCUT2D eigenvalue weighted by Gasteiger charge is 2.29. The van der Waals surface area contributed by atoms with Crippen LogP contribution in [0.1, 0.15) is 33.1 Å². The third kappa shape index (κ3) is 5.46. The van der Waals surface area contributed by atoms with Gasteiger partial charge in [0, 0.05) is 12.6 Å². The summed E-state index contributed by atoms with van der Waals surface area (Å²) >= 11 is 0. The lowest BCUT2D eigenvalue weighted by Gasteiger charge is -2.28. The maximum atomic E-state index is 13.4. The van der Waals surface area contributed by atoms with Crippen LogP contribution < -0.4 is 9.62 Å². The number of sulfonamides is 1. The number of nitrogens with one attached hydrogen (secondary N) is 1. The van der Waals surface area contributed by atoms with Crippen molar-refractivity contribution in [1.82, 2.24) is 5.32 Å². The lowest BCUT2D eigenvalue weighted by Crippen LogP contribution is -2.48. The first-order valence-corrected chi connectivity index (χ1v) is 9.25. The van der Waals surface area contributed by atoms with Gasteiger partial charge >= 0.3 is 0 Å². The molecule has 0 saturated heterocycles. The van der Waals surface area contributed by atoms with Gasteiger partial charge < -0.3 is 5.32 Å². The monoisotopic (exact) mass is 348 g/mol. The van der Waals surface area contributed by atoms with Crippen LogP contribution in [-0.2, 0) is 14.8 Å². The van der Waals surface area contributed by atoms with E-state index < -0.39 is 33.6 Å². The molecule has 0 aliphatic heterocycles. The van der Waals surface area contributed by atoms with E-state index in [0.29, 0.717) is 6.54 Å². The number of anilines is 1. The zero-order chi connectivity index (χ0) is 17.6. The minimum Gasteiger partial charge on any atom is -0.354 e. The van der Waals surface area contributed by atoms with Gasteiger partial charge in [-0.2, -0.15) is 0 Å². The van der Waals surface area contributed by atoms with E-state index in [4.69, 9.17) is 0 Å². The molecule has 1 aromatic rings. The number of carbonyl (C=O) groups is 1. The van der Waals surface area contributed by atoms with Crippen molar-refractivity contribution in [3.8, 4) is 0 Å². The number of rotatable bonds is 8. The van der Waals surface area contributed by atoms with Gasteiger partial charge in [-0.15, -0.1) is 0 Å². The summed E-state index contributed by atoms with van der Waals surface area (Å²) in [5, 5.41) is 2.65. The number of halogens is 2. The molecule has 1 aromatic carbocycles. The minimum atomic E-state index is -3.84. The number of unbranched alkanes of at least 4 members (excludes halogenated alkanes) is 2. The molecule has 0 aliphatic carbocycles. The van der Waals surface area contributed by atoms with Crippen LogP contribution in [0, 0.1) is 11.6 Å². The lowest BCUT2D eigenvalue weighted by molar-refractivity contribution is -0.121. The van der Waals surface area contributed by atoms with E-state index in [2.05, 4.69) is 5.32 Å². The van der Waals surface area contributed by atoms with Crippen LogP contribution in [0.15, 0.2) is 18.2 Å². The highest BCUT2D eigenvalue weighted by atomic mass is 32.2. The molecule has 1 N–H and O–H groups in total. The first-order valence-electron chi connectivity index (χ1n) is 7.40. The van der Waals surface area contributed by atoms with E-state index in [-0.39, 0.29) is 5.69 Å². The van der Waals surface area contributed by atoms with Crippen molar-refractivity contribution in [2.45, 2.75) is 39.2 Å². The van der Waals surface area contributed by atoms with E-state index in [1.54, 1.807) is 0 Å². The highest BCUT2D eigenvalue weighted by Crippen LogP contribution is 2.23.